The first-order chi connectivity index (χ1) is 12.0. The molecular weight excluding hydrogens is 304 g/mol. The molecule has 0 N–H and O–H groups in total. The number of rotatable bonds is 4. The van der Waals surface area contributed by atoms with Crippen LogP contribution in [0.1, 0.15) is 97.8 Å². The highest BCUT2D eigenvalue weighted by Crippen LogP contribution is 2.68. The van der Waals surface area contributed by atoms with Crippen LogP contribution in [0.5, 0.6) is 0 Å². The largest absolute Gasteiger partial charge is 0.303 e. The highest BCUT2D eigenvalue weighted by Gasteiger charge is 2.59. The highest BCUT2D eigenvalue weighted by molar-refractivity contribution is 5.49. The van der Waals surface area contributed by atoms with E-state index in [2.05, 4.69) is 20.8 Å². The number of hydrogen-bond acceptors (Lipinski definition) is 1. The molecule has 0 saturated heterocycles. The van der Waals surface area contributed by atoms with Crippen molar-refractivity contribution in [2.24, 2.45) is 46.3 Å². The van der Waals surface area contributed by atoms with Gasteiger partial charge in [-0.25, -0.2) is 0 Å². The fraction of sp³-hybridized carbons (Fsp3) is 0.958. The van der Waals surface area contributed by atoms with Crippen molar-refractivity contribution >= 4 is 6.29 Å². The van der Waals surface area contributed by atoms with Crippen molar-refractivity contribution in [3.63, 3.8) is 0 Å². The van der Waals surface area contributed by atoms with Crippen LogP contribution in [0.4, 0.5) is 0 Å². The molecule has 1 heteroatoms. The van der Waals surface area contributed by atoms with Crippen LogP contribution in [0.3, 0.4) is 0 Å². The highest BCUT2D eigenvalue weighted by atomic mass is 16.1. The molecule has 25 heavy (non-hydrogen) atoms. The Labute approximate surface area is 155 Å². The molecule has 4 aliphatic carbocycles. The normalized spacial score (nSPS) is 50.4. The summed E-state index contributed by atoms with van der Waals surface area (Å²) in [7, 11) is 0. The minimum Gasteiger partial charge on any atom is -0.303 e. The second kappa shape index (κ2) is 6.68. The first-order valence-corrected chi connectivity index (χ1v) is 11.4. The molecule has 4 saturated carbocycles. The Bertz CT molecular complexity index is 498. The molecule has 142 valence electrons. The maximum absolute atomic E-state index is 10.8. The maximum atomic E-state index is 10.8. The van der Waals surface area contributed by atoms with E-state index in [1.165, 1.54) is 64.2 Å². The molecule has 0 bridgehead atoms. The minimum absolute atomic E-state index is 0.571. The van der Waals surface area contributed by atoms with Crippen LogP contribution in [0, 0.1) is 46.3 Å². The Kier molecular flexibility index (Phi) is 4.82. The third-order valence-electron chi connectivity index (χ3n) is 10.1. The Morgan fingerprint density at radius 1 is 0.920 bits per heavy atom. The van der Waals surface area contributed by atoms with E-state index in [0.29, 0.717) is 10.8 Å². The number of carbonyl (C=O) groups excluding carboxylic acids is 1. The van der Waals surface area contributed by atoms with Crippen LogP contribution in [0.15, 0.2) is 0 Å². The molecule has 1 nitrogen and oxygen atoms in total. The smallest absolute Gasteiger partial charge is 0.120 e. The molecule has 0 radical (unpaired) electrons. The first-order valence-electron chi connectivity index (χ1n) is 11.4. The van der Waals surface area contributed by atoms with Crippen LogP contribution in [-0.2, 0) is 4.79 Å². The predicted molar refractivity (Wildman–Crippen MR) is 104 cm³/mol. The van der Waals surface area contributed by atoms with E-state index in [1.807, 2.05) is 0 Å². The van der Waals surface area contributed by atoms with E-state index < -0.39 is 0 Å². The summed E-state index contributed by atoms with van der Waals surface area (Å²) in [5.74, 6) is 5.66. The van der Waals surface area contributed by atoms with Gasteiger partial charge in [0.15, 0.2) is 0 Å². The van der Waals surface area contributed by atoms with Gasteiger partial charge < -0.3 is 4.79 Å². The molecule has 4 unspecified atom stereocenters. The molecule has 4 fully saturated rings. The van der Waals surface area contributed by atoms with Crippen molar-refractivity contribution in [1.82, 2.24) is 0 Å². The fourth-order valence-corrected chi connectivity index (χ4v) is 8.80. The Morgan fingerprint density at radius 2 is 1.72 bits per heavy atom. The molecular formula is C24H40O. The molecule has 4 rings (SSSR count). The van der Waals surface area contributed by atoms with Crippen LogP contribution < -0.4 is 0 Å². The van der Waals surface area contributed by atoms with E-state index in [4.69, 9.17) is 0 Å². The summed E-state index contributed by atoms with van der Waals surface area (Å²) in [6.45, 7) is 7.78. The topological polar surface area (TPSA) is 17.1 Å². The number of hydrogen-bond donors (Lipinski definition) is 0. The molecule has 0 amide bonds. The van der Waals surface area contributed by atoms with Gasteiger partial charge in [-0.15, -0.1) is 0 Å². The van der Waals surface area contributed by atoms with Crippen molar-refractivity contribution < 1.29 is 4.79 Å². The van der Waals surface area contributed by atoms with E-state index in [9.17, 15) is 4.79 Å². The Morgan fingerprint density at radius 3 is 2.52 bits per heavy atom. The summed E-state index contributed by atoms with van der Waals surface area (Å²) in [5.41, 5.74) is 1.24. The Balaban J connectivity index is 1.54. The van der Waals surface area contributed by atoms with Gasteiger partial charge in [0.2, 0.25) is 0 Å². The van der Waals surface area contributed by atoms with Crippen molar-refractivity contribution in [2.75, 3.05) is 0 Å². The summed E-state index contributed by atoms with van der Waals surface area (Å²) in [6.07, 6.45) is 18.0. The van der Waals surface area contributed by atoms with Crippen molar-refractivity contribution in [3.8, 4) is 0 Å². The monoisotopic (exact) mass is 344 g/mol. The summed E-state index contributed by atoms with van der Waals surface area (Å²) in [5, 5.41) is 0. The summed E-state index contributed by atoms with van der Waals surface area (Å²) < 4.78 is 0. The zero-order valence-electron chi connectivity index (χ0n) is 16.9. The Hall–Kier alpha value is -0.330. The quantitative estimate of drug-likeness (QED) is 0.522. The molecule has 0 heterocycles. The number of aldehydes is 1. The number of fused-ring (bicyclic) bond motifs is 5. The standard InChI is InChI=1S/C24H40O/c1-17(7-6-16-25)20-11-12-21-19-10-9-18-8-4-5-14-23(18,2)22(19)13-15-24(20,21)3/h16-22H,4-15H2,1-3H3/t17?,18-,19?,20-,21?,22?,23+,24-/m1/s1. The molecule has 0 aliphatic heterocycles. The maximum Gasteiger partial charge on any atom is 0.120 e. The van der Waals surface area contributed by atoms with Gasteiger partial charge in [0.25, 0.3) is 0 Å². The number of carbonyl (C=O) groups is 1. The van der Waals surface area contributed by atoms with Crippen molar-refractivity contribution in [3.05, 3.63) is 0 Å². The average Bonchev–Trinajstić information content (AvgIpc) is 2.96. The SMILES string of the molecule is CC(CCC=O)[C@H]1CCC2C3CC[C@H]4CCCC[C@]4(C)C3CC[C@@]21C. The van der Waals surface area contributed by atoms with Gasteiger partial charge in [-0.1, -0.05) is 33.6 Å². The second-order valence-electron chi connectivity index (χ2n) is 10.9. The molecule has 4 aliphatic rings. The van der Waals surface area contributed by atoms with E-state index in [0.717, 1.165) is 54.6 Å². The lowest BCUT2D eigenvalue weighted by atomic mass is 9.44. The van der Waals surface area contributed by atoms with Crippen LogP contribution in [0.25, 0.3) is 0 Å². The minimum atomic E-state index is 0.571. The third kappa shape index (κ3) is 2.74. The van der Waals surface area contributed by atoms with Gasteiger partial charge >= 0.3 is 0 Å². The zero-order valence-corrected chi connectivity index (χ0v) is 16.9. The second-order valence-corrected chi connectivity index (χ2v) is 10.9. The van der Waals surface area contributed by atoms with Gasteiger partial charge in [0.05, 0.1) is 0 Å². The summed E-state index contributed by atoms with van der Waals surface area (Å²) in [6, 6.07) is 0. The van der Waals surface area contributed by atoms with Crippen LogP contribution >= 0.6 is 0 Å². The lowest BCUT2D eigenvalue weighted by Crippen LogP contribution is -2.53. The van der Waals surface area contributed by atoms with Crippen molar-refractivity contribution in [2.45, 2.75) is 97.8 Å². The van der Waals surface area contributed by atoms with Gasteiger partial charge in [-0.05, 0) is 104 Å². The fourth-order valence-electron chi connectivity index (χ4n) is 8.80. The van der Waals surface area contributed by atoms with Crippen molar-refractivity contribution in [1.29, 1.82) is 0 Å². The molecule has 0 aromatic rings. The first kappa shape index (κ1) is 18.1. The lowest BCUT2D eigenvalue weighted by molar-refractivity contribution is -0.115. The van der Waals surface area contributed by atoms with E-state index >= 15 is 0 Å². The van der Waals surface area contributed by atoms with E-state index in [1.54, 1.807) is 0 Å². The van der Waals surface area contributed by atoms with Gasteiger partial charge in [-0.3, -0.25) is 0 Å². The third-order valence-corrected chi connectivity index (χ3v) is 10.1. The summed E-state index contributed by atoms with van der Waals surface area (Å²) in [4.78, 5) is 10.8. The molecule has 0 aromatic carbocycles. The van der Waals surface area contributed by atoms with Crippen LogP contribution in [-0.4, -0.2) is 6.29 Å². The van der Waals surface area contributed by atoms with Gasteiger partial charge in [-0.2, -0.15) is 0 Å². The predicted octanol–water partition coefficient (Wildman–Crippen LogP) is 6.65. The van der Waals surface area contributed by atoms with Gasteiger partial charge in [0, 0.05) is 6.42 Å². The zero-order chi connectivity index (χ0) is 17.7. The molecule has 0 aromatic heterocycles. The molecule has 0 spiro atoms. The average molecular weight is 345 g/mol. The summed E-state index contributed by atoms with van der Waals surface area (Å²) >= 11 is 0. The van der Waals surface area contributed by atoms with E-state index in [-0.39, 0.29) is 0 Å². The van der Waals surface area contributed by atoms with Crippen LogP contribution in [0.2, 0.25) is 0 Å². The lowest BCUT2D eigenvalue weighted by Gasteiger charge is -2.61. The van der Waals surface area contributed by atoms with Gasteiger partial charge in [0.1, 0.15) is 6.29 Å². The molecule has 8 atom stereocenters.